The minimum Gasteiger partial charge on any atom is -0.353 e. The number of carbonyl (C=O) groups excluding carboxylic acids is 2. The molecule has 1 saturated carbocycles. The number of nitrogens with zero attached hydrogens (tertiary/aromatic N) is 3. The first kappa shape index (κ1) is 20.6. The van der Waals surface area contributed by atoms with Crippen molar-refractivity contribution in [1.82, 2.24) is 14.9 Å². The molecule has 5 rings (SSSR count). The van der Waals surface area contributed by atoms with E-state index in [0.717, 1.165) is 49.2 Å². The average molecular weight is 438 g/mol. The van der Waals surface area contributed by atoms with Crippen molar-refractivity contribution in [1.29, 1.82) is 0 Å². The fourth-order valence-electron chi connectivity index (χ4n) is 4.92. The zero-order chi connectivity index (χ0) is 22.2. The molecule has 3 heterocycles. The molecule has 0 aromatic heterocycles. The van der Waals surface area contributed by atoms with Crippen molar-refractivity contribution >= 4 is 17.5 Å². The number of carbonyl (C=O) groups is 2. The third-order valence-corrected chi connectivity index (χ3v) is 6.61. The van der Waals surface area contributed by atoms with Gasteiger partial charge in [-0.25, -0.2) is 13.8 Å². The fourth-order valence-corrected chi connectivity index (χ4v) is 4.92. The number of nitrogens with one attached hydrogen (secondary N) is 1. The van der Waals surface area contributed by atoms with Crippen LogP contribution in [0.1, 0.15) is 38.1 Å². The Morgan fingerprint density at radius 2 is 1.91 bits per heavy atom. The summed E-state index contributed by atoms with van der Waals surface area (Å²) in [6, 6.07) is 9.58. The van der Waals surface area contributed by atoms with Crippen LogP contribution in [0.25, 0.3) is 11.4 Å². The Hall–Kier alpha value is -3.29. The van der Waals surface area contributed by atoms with Crippen molar-refractivity contribution in [3.05, 3.63) is 60.4 Å². The molecule has 2 amide bonds. The van der Waals surface area contributed by atoms with Crippen molar-refractivity contribution in [2.45, 2.75) is 44.2 Å². The summed E-state index contributed by atoms with van der Waals surface area (Å²) in [5.74, 6) is -1.57. The number of hydrogen-bond donors (Lipinski definition) is 1. The summed E-state index contributed by atoms with van der Waals surface area (Å²) in [5, 5.41) is 3.08. The first-order valence-electron chi connectivity index (χ1n) is 11.0. The molecule has 6 nitrogen and oxygen atoms in total. The summed E-state index contributed by atoms with van der Waals surface area (Å²) in [4.78, 5) is 30.9. The summed E-state index contributed by atoms with van der Waals surface area (Å²) in [5.41, 5.74) is 1.13. The number of halogens is 2. The molecule has 1 aromatic rings. The van der Waals surface area contributed by atoms with Crippen LogP contribution in [0.4, 0.5) is 14.5 Å². The number of anilines is 1. The van der Waals surface area contributed by atoms with Crippen LogP contribution in [0.3, 0.4) is 0 Å². The first-order valence-corrected chi connectivity index (χ1v) is 11.0. The Kier molecular flexibility index (Phi) is 5.36. The lowest BCUT2D eigenvalue weighted by Gasteiger charge is -2.32. The van der Waals surface area contributed by atoms with E-state index in [2.05, 4.69) is 27.1 Å². The molecule has 0 radical (unpaired) electrons. The second kappa shape index (κ2) is 8.33. The molecule has 8 heteroatoms. The molecule has 1 aliphatic carbocycles. The van der Waals surface area contributed by atoms with Gasteiger partial charge in [-0.05, 0) is 56.0 Å². The Labute approximate surface area is 184 Å². The van der Waals surface area contributed by atoms with Crippen molar-refractivity contribution in [3.63, 3.8) is 0 Å². The maximum Gasteiger partial charge on any atom is 0.227 e. The quantitative estimate of drug-likeness (QED) is 0.672. The molecular weight excluding hydrogens is 414 g/mol. The maximum atomic E-state index is 14.1. The van der Waals surface area contributed by atoms with Gasteiger partial charge in [0.05, 0.1) is 11.6 Å². The molecule has 1 saturated heterocycles. The van der Waals surface area contributed by atoms with Gasteiger partial charge in [-0.2, -0.15) is 0 Å². The number of aromatic nitrogens is 2. The Morgan fingerprint density at radius 1 is 1.09 bits per heavy atom. The molecule has 1 aromatic carbocycles. The summed E-state index contributed by atoms with van der Waals surface area (Å²) in [7, 11) is 0. The molecular formula is C24H24F2N4O2. The average Bonchev–Trinajstić information content (AvgIpc) is 3.41. The van der Waals surface area contributed by atoms with Gasteiger partial charge in [-0.15, -0.1) is 0 Å². The smallest absolute Gasteiger partial charge is 0.227 e. The van der Waals surface area contributed by atoms with E-state index in [1.807, 2.05) is 18.3 Å². The number of pyridine rings is 1. The lowest BCUT2D eigenvalue weighted by Crippen LogP contribution is -2.42. The molecule has 1 atom stereocenters. The van der Waals surface area contributed by atoms with Gasteiger partial charge in [0.25, 0.3) is 0 Å². The molecule has 2 fully saturated rings. The standard InChI is InChI=1S/C24H24F2N4O2/c25-17-3-8-21(20(26)13-17)30-14-16(12-22(30)31)24(32)28-18-4-6-19(7-5-18)29-11-1-2-15-9-10-27-23(15)29/h1-3,8-11,13,16,18-19H,4-7,12,14H2,(H,28,32). The van der Waals surface area contributed by atoms with E-state index in [0.29, 0.717) is 6.04 Å². The number of rotatable bonds is 4. The Morgan fingerprint density at radius 3 is 2.69 bits per heavy atom. The topological polar surface area (TPSA) is 67.2 Å². The lowest BCUT2D eigenvalue weighted by molar-refractivity contribution is -0.127. The number of hydrogen-bond acceptors (Lipinski definition) is 3. The normalized spacial score (nSPS) is 23.6. The predicted molar refractivity (Wildman–Crippen MR) is 115 cm³/mol. The first-order chi connectivity index (χ1) is 15.5. The van der Waals surface area contributed by atoms with Crippen molar-refractivity contribution in [2.75, 3.05) is 11.4 Å². The molecule has 166 valence electrons. The van der Waals surface area contributed by atoms with Gasteiger partial charge in [0.1, 0.15) is 17.5 Å². The van der Waals surface area contributed by atoms with Crippen LogP contribution < -0.4 is 10.2 Å². The van der Waals surface area contributed by atoms with Crippen LogP contribution in [0, 0.1) is 17.6 Å². The highest BCUT2D eigenvalue weighted by atomic mass is 19.1. The van der Waals surface area contributed by atoms with Crippen LogP contribution in [0.2, 0.25) is 0 Å². The summed E-state index contributed by atoms with van der Waals surface area (Å²) in [6.45, 7) is 0.100. The summed E-state index contributed by atoms with van der Waals surface area (Å²) >= 11 is 0. The maximum absolute atomic E-state index is 14.1. The van der Waals surface area contributed by atoms with E-state index >= 15 is 0 Å². The molecule has 3 aliphatic heterocycles. The van der Waals surface area contributed by atoms with E-state index in [9.17, 15) is 18.4 Å². The van der Waals surface area contributed by atoms with Crippen molar-refractivity contribution in [2.24, 2.45) is 5.92 Å². The van der Waals surface area contributed by atoms with Crippen LogP contribution >= 0.6 is 0 Å². The van der Waals surface area contributed by atoms with Crippen LogP contribution in [-0.4, -0.2) is 34.0 Å². The molecule has 1 unspecified atom stereocenters. The summed E-state index contributed by atoms with van der Waals surface area (Å²) < 4.78 is 29.5. The number of benzene rings is 1. The van der Waals surface area contributed by atoms with Gasteiger partial charge in [0, 0.05) is 49.1 Å². The van der Waals surface area contributed by atoms with E-state index in [1.54, 1.807) is 0 Å². The molecule has 1 N–H and O–H groups in total. The minimum atomic E-state index is -0.801. The fraction of sp³-hybridized carbons (Fsp3) is 0.375. The highest BCUT2D eigenvalue weighted by Crippen LogP contribution is 2.33. The molecule has 32 heavy (non-hydrogen) atoms. The second-order valence-corrected chi connectivity index (χ2v) is 8.65. The van der Waals surface area contributed by atoms with Crippen molar-refractivity contribution < 1.29 is 18.4 Å². The van der Waals surface area contributed by atoms with Crippen molar-refractivity contribution in [3.8, 4) is 11.4 Å². The third kappa shape index (κ3) is 3.85. The van der Waals surface area contributed by atoms with E-state index in [4.69, 9.17) is 0 Å². The monoisotopic (exact) mass is 438 g/mol. The number of amides is 2. The van der Waals surface area contributed by atoms with Crippen LogP contribution in [0.5, 0.6) is 0 Å². The Bertz CT molecular complexity index is 1120. The van der Waals surface area contributed by atoms with E-state index in [1.165, 1.54) is 11.0 Å². The highest BCUT2D eigenvalue weighted by molar-refractivity contribution is 6.00. The van der Waals surface area contributed by atoms with Gasteiger partial charge in [-0.1, -0.05) is 0 Å². The SMILES string of the molecule is O=C(NC1CCC(n2cccc3ccnc2-3)CC1)C1CC(=O)N(c2ccc(F)cc2F)C1. The Balaban J connectivity index is 1.18. The lowest BCUT2D eigenvalue weighted by atomic mass is 9.90. The van der Waals surface area contributed by atoms with Crippen LogP contribution in [-0.2, 0) is 9.59 Å². The highest BCUT2D eigenvalue weighted by Gasteiger charge is 2.37. The van der Waals surface area contributed by atoms with Crippen LogP contribution in [0.15, 0.2) is 48.8 Å². The van der Waals surface area contributed by atoms with Gasteiger partial charge in [0.2, 0.25) is 11.8 Å². The van der Waals surface area contributed by atoms with Gasteiger partial charge >= 0.3 is 0 Å². The zero-order valence-electron chi connectivity index (χ0n) is 17.5. The summed E-state index contributed by atoms with van der Waals surface area (Å²) in [6.07, 6.45) is 7.45. The minimum absolute atomic E-state index is 0.0135. The zero-order valence-corrected chi connectivity index (χ0v) is 17.5. The second-order valence-electron chi connectivity index (χ2n) is 8.65. The molecule has 0 bridgehead atoms. The van der Waals surface area contributed by atoms with Gasteiger partial charge < -0.3 is 14.8 Å². The van der Waals surface area contributed by atoms with E-state index in [-0.39, 0.29) is 36.5 Å². The number of fused-ring (bicyclic) bond motifs is 1. The third-order valence-electron chi connectivity index (χ3n) is 6.61. The van der Waals surface area contributed by atoms with E-state index < -0.39 is 17.6 Å². The predicted octanol–water partition coefficient (Wildman–Crippen LogP) is 3.92. The largest absolute Gasteiger partial charge is 0.353 e. The molecule has 4 aliphatic rings. The van der Waals surface area contributed by atoms with Gasteiger partial charge in [0.15, 0.2) is 0 Å². The van der Waals surface area contributed by atoms with Gasteiger partial charge in [-0.3, -0.25) is 9.59 Å². The molecule has 0 spiro atoms.